The number of nitrogens with two attached hydrogens (primary N) is 1. The van der Waals surface area contributed by atoms with E-state index >= 15 is 0 Å². The van der Waals surface area contributed by atoms with Crippen molar-refractivity contribution in [2.24, 2.45) is 5.73 Å². The molecule has 5 N–H and O–H groups in total. The summed E-state index contributed by atoms with van der Waals surface area (Å²) in [6.07, 6.45) is 4.42. The van der Waals surface area contributed by atoms with Gasteiger partial charge < -0.3 is 26.3 Å². The highest BCUT2D eigenvalue weighted by molar-refractivity contribution is 8.01. The molecule has 10 nitrogen and oxygen atoms in total. The number of imidazole rings is 1. The number of likely N-dealkylation sites (tertiary alicyclic amines) is 1. The molecule has 3 rings (SSSR count). The van der Waals surface area contributed by atoms with Gasteiger partial charge in [-0.2, -0.15) is 0 Å². The number of hydrogen-bond donors (Lipinski definition) is 4. The van der Waals surface area contributed by atoms with Crippen LogP contribution in [0.1, 0.15) is 39.3 Å². The van der Waals surface area contributed by atoms with Gasteiger partial charge in [-0.25, -0.2) is 4.98 Å². The van der Waals surface area contributed by atoms with E-state index in [4.69, 9.17) is 5.73 Å². The van der Waals surface area contributed by atoms with Crippen molar-refractivity contribution >= 4 is 35.4 Å². The van der Waals surface area contributed by atoms with Gasteiger partial charge in [0.25, 0.3) is 0 Å². The van der Waals surface area contributed by atoms with Crippen molar-refractivity contribution in [3.8, 4) is 0 Å². The van der Waals surface area contributed by atoms with E-state index in [1.54, 1.807) is 20.0 Å². The molecule has 11 heteroatoms. The molecule has 2 fully saturated rings. The summed E-state index contributed by atoms with van der Waals surface area (Å²) in [5.74, 6) is -1.60. The first kappa shape index (κ1) is 22.1. The zero-order chi connectivity index (χ0) is 22.1. The number of aromatic amines is 1. The minimum Gasteiger partial charge on any atom is -0.368 e. The second-order valence-corrected chi connectivity index (χ2v) is 9.70. The highest BCUT2D eigenvalue weighted by Gasteiger charge is 2.47. The fourth-order valence-electron chi connectivity index (χ4n) is 3.86. The van der Waals surface area contributed by atoms with E-state index in [2.05, 4.69) is 20.6 Å². The monoisotopic (exact) mass is 436 g/mol. The Hall–Kier alpha value is -2.56. The molecule has 4 amide bonds. The third kappa shape index (κ3) is 4.30. The molecule has 0 aromatic carbocycles. The molecule has 30 heavy (non-hydrogen) atoms. The van der Waals surface area contributed by atoms with Crippen LogP contribution in [-0.4, -0.2) is 73.2 Å². The van der Waals surface area contributed by atoms with Gasteiger partial charge in [0, 0.05) is 30.1 Å². The number of rotatable bonds is 6. The van der Waals surface area contributed by atoms with E-state index in [9.17, 15) is 19.2 Å². The lowest BCUT2D eigenvalue weighted by Gasteiger charge is -2.41. The highest BCUT2D eigenvalue weighted by atomic mass is 32.2. The second-order valence-electron chi connectivity index (χ2n) is 8.01. The van der Waals surface area contributed by atoms with E-state index in [1.165, 1.54) is 23.0 Å². The first-order chi connectivity index (χ1) is 14.1. The van der Waals surface area contributed by atoms with Crippen molar-refractivity contribution in [3.63, 3.8) is 0 Å². The SMILES string of the molecule is CC1SC(C)C(C)(C(=O)NC(Cc2cnc[nH]2)C(=O)N2CCCC2C(N)=O)NC1=O. The van der Waals surface area contributed by atoms with Gasteiger partial charge in [0.2, 0.25) is 23.6 Å². The molecular weight excluding hydrogens is 408 g/mol. The number of hydrogen-bond acceptors (Lipinski definition) is 6. The predicted molar refractivity (Wildman–Crippen MR) is 111 cm³/mol. The summed E-state index contributed by atoms with van der Waals surface area (Å²) in [5.41, 5.74) is 4.95. The molecule has 0 saturated carbocycles. The Labute approximate surface area is 179 Å². The van der Waals surface area contributed by atoms with Crippen LogP contribution in [0, 0.1) is 0 Å². The van der Waals surface area contributed by atoms with Gasteiger partial charge in [0.1, 0.15) is 17.6 Å². The maximum absolute atomic E-state index is 13.3. The van der Waals surface area contributed by atoms with E-state index in [0.717, 1.165) is 0 Å². The van der Waals surface area contributed by atoms with Crippen LogP contribution in [0.15, 0.2) is 12.5 Å². The molecule has 0 aliphatic carbocycles. The van der Waals surface area contributed by atoms with Gasteiger partial charge in [-0.1, -0.05) is 6.92 Å². The molecule has 5 unspecified atom stereocenters. The average Bonchev–Trinajstić information content (AvgIpc) is 3.37. The molecule has 2 aliphatic rings. The number of nitrogens with zero attached hydrogens (tertiary/aromatic N) is 2. The Kier molecular flexibility index (Phi) is 6.39. The summed E-state index contributed by atoms with van der Waals surface area (Å²) < 4.78 is 0. The third-order valence-corrected chi connectivity index (χ3v) is 7.39. The number of carbonyl (C=O) groups excluding carboxylic acids is 4. The first-order valence-corrected chi connectivity index (χ1v) is 10.9. The first-order valence-electron chi connectivity index (χ1n) is 9.99. The van der Waals surface area contributed by atoms with Crippen molar-refractivity contribution in [1.82, 2.24) is 25.5 Å². The van der Waals surface area contributed by atoms with Crippen LogP contribution >= 0.6 is 11.8 Å². The van der Waals surface area contributed by atoms with Gasteiger partial charge in [-0.05, 0) is 26.7 Å². The number of thioether (sulfide) groups is 1. The van der Waals surface area contributed by atoms with E-state index in [1.807, 2.05) is 6.92 Å². The van der Waals surface area contributed by atoms with Crippen molar-refractivity contribution in [1.29, 1.82) is 0 Å². The Bertz CT molecular complexity index is 831. The Morgan fingerprint density at radius 1 is 1.43 bits per heavy atom. The number of carbonyl (C=O) groups is 4. The number of aromatic nitrogens is 2. The molecular formula is C19H28N6O4S. The van der Waals surface area contributed by atoms with Crippen LogP contribution in [-0.2, 0) is 25.6 Å². The summed E-state index contributed by atoms with van der Waals surface area (Å²) >= 11 is 1.41. The van der Waals surface area contributed by atoms with Crippen LogP contribution in [0.3, 0.4) is 0 Å². The second kappa shape index (κ2) is 8.66. The molecule has 0 spiro atoms. The number of H-pyrrole nitrogens is 1. The topological polar surface area (TPSA) is 150 Å². The quantitative estimate of drug-likeness (QED) is 0.464. The van der Waals surface area contributed by atoms with Crippen molar-refractivity contribution < 1.29 is 19.2 Å². The van der Waals surface area contributed by atoms with Gasteiger partial charge in [0.15, 0.2) is 0 Å². The zero-order valence-electron chi connectivity index (χ0n) is 17.3. The van der Waals surface area contributed by atoms with Gasteiger partial charge >= 0.3 is 0 Å². The molecule has 0 radical (unpaired) electrons. The van der Waals surface area contributed by atoms with Crippen LogP contribution < -0.4 is 16.4 Å². The third-order valence-electron chi connectivity index (χ3n) is 5.89. The Balaban J connectivity index is 1.82. The molecule has 2 saturated heterocycles. The molecule has 1 aromatic rings. The van der Waals surface area contributed by atoms with Crippen LogP contribution in [0.25, 0.3) is 0 Å². The predicted octanol–water partition coefficient (Wildman–Crippen LogP) is -0.688. The lowest BCUT2D eigenvalue weighted by atomic mass is 9.95. The Morgan fingerprint density at radius 2 is 2.17 bits per heavy atom. The Morgan fingerprint density at radius 3 is 2.80 bits per heavy atom. The molecule has 3 heterocycles. The number of primary amides is 1. The summed E-state index contributed by atoms with van der Waals surface area (Å²) in [5, 5.41) is 5.15. The van der Waals surface area contributed by atoms with Crippen molar-refractivity contribution in [3.05, 3.63) is 18.2 Å². The molecule has 164 valence electrons. The largest absolute Gasteiger partial charge is 0.368 e. The summed E-state index contributed by atoms with van der Waals surface area (Å²) in [4.78, 5) is 58.8. The molecule has 5 atom stereocenters. The number of amides is 4. The van der Waals surface area contributed by atoms with E-state index in [-0.39, 0.29) is 28.7 Å². The van der Waals surface area contributed by atoms with E-state index in [0.29, 0.717) is 25.1 Å². The van der Waals surface area contributed by atoms with Crippen molar-refractivity contribution in [2.45, 2.75) is 68.2 Å². The molecule has 1 aromatic heterocycles. The van der Waals surface area contributed by atoms with E-state index < -0.39 is 29.4 Å². The van der Waals surface area contributed by atoms with Crippen LogP contribution in [0.2, 0.25) is 0 Å². The lowest BCUT2D eigenvalue weighted by Crippen LogP contribution is -2.68. The van der Waals surface area contributed by atoms with Gasteiger partial charge in [-0.15, -0.1) is 11.8 Å². The maximum Gasteiger partial charge on any atom is 0.247 e. The fourth-order valence-corrected chi connectivity index (χ4v) is 5.09. The smallest absolute Gasteiger partial charge is 0.247 e. The van der Waals surface area contributed by atoms with Crippen molar-refractivity contribution in [2.75, 3.05) is 6.54 Å². The number of nitrogens with one attached hydrogen (secondary N) is 3. The normalized spacial score (nSPS) is 29.9. The fraction of sp³-hybridized carbons (Fsp3) is 0.632. The highest BCUT2D eigenvalue weighted by Crippen LogP contribution is 2.32. The lowest BCUT2D eigenvalue weighted by molar-refractivity contribution is -0.142. The zero-order valence-corrected chi connectivity index (χ0v) is 18.1. The standard InChI is InChI=1S/C19H28N6O4S/c1-10-16(27)24-19(3,11(2)30-10)18(29)23-13(7-12-8-21-9-22-12)17(28)25-6-4-5-14(25)15(20)26/h8-11,13-14H,4-7H2,1-3H3,(H2,20,26)(H,21,22)(H,23,29)(H,24,27). The minimum absolute atomic E-state index is 0.175. The van der Waals surface area contributed by atoms with Crippen LogP contribution in [0.5, 0.6) is 0 Å². The molecule has 0 bridgehead atoms. The minimum atomic E-state index is -1.17. The maximum atomic E-state index is 13.3. The average molecular weight is 437 g/mol. The summed E-state index contributed by atoms with van der Waals surface area (Å²) in [6.45, 7) is 5.72. The molecule has 2 aliphatic heterocycles. The van der Waals surface area contributed by atoms with Gasteiger partial charge in [-0.3, -0.25) is 19.2 Å². The summed E-state index contributed by atoms with van der Waals surface area (Å²) in [6, 6.07) is -1.61. The summed E-state index contributed by atoms with van der Waals surface area (Å²) in [7, 11) is 0. The van der Waals surface area contributed by atoms with Gasteiger partial charge in [0.05, 0.1) is 11.6 Å². The van der Waals surface area contributed by atoms with Crippen LogP contribution in [0.4, 0.5) is 0 Å².